The van der Waals surface area contributed by atoms with Crippen LogP contribution in [0.15, 0.2) is 29.8 Å². The van der Waals surface area contributed by atoms with Gasteiger partial charge in [-0.15, -0.1) is 11.3 Å². The van der Waals surface area contributed by atoms with Crippen molar-refractivity contribution in [2.24, 2.45) is 0 Å². The lowest BCUT2D eigenvalue weighted by Crippen LogP contribution is -2.16. The molecule has 0 bridgehead atoms. The van der Waals surface area contributed by atoms with Crippen molar-refractivity contribution in [2.75, 3.05) is 12.3 Å². The normalized spacial score (nSPS) is 10.6. The molecular weight excluding hydrogens is 230 g/mol. The van der Waals surface area contributed by atoms with Crippen molar-refractivity contribution in [1.82, 2.24) is 10.3 Å². The van der Waals surface area contributed by atoms with Gasteiger partial charge in [0.2, 0.25) is 0 Å². The number of pyridine rings is 1. The Bertz CT molecular complexity index is 462. The van der Waals surface area contributed by atoms with E-state index in [1.807, 2.05) is 12.1 Å². The van der Waals surface area contributed by atoms with E-state index in [0.29, 0.717) is 0 Å². The minimum atomic E-state index is 0.718. The number of aryl methyl sites for hydroxylation is 1. The highest BCUT2D eigenvalue weighted by atomic mass is 32.1. The summed E-state index contributed by atoms with van der Waals surface area (Å²) in [4.78, 5) is 5.68. The maximum atomic E-state index is 5.59. The summed E-state index contributed by atoms with van der Waals surface area (Å²) in [5.41, 5.74) is 8.75. The zero-order valence-corrected chi connectivity index (χ0v) is 10.8. The second-order valence-corrected chi connectivity index (χ2v) is 5.04. The first kappa shape index (κ1) is 12.1. The minimum Gasteiger partial charge on any atom is -0.397 e. The van der Waals surface area contributed by atoms with E-state index in [1.165, 1.54) is 10.4 Å². The average Bonchev–Trinajstić information content (AvgIpc) is 2.73. The van der Waals surface area contributed by atoms with Crippen molar-refractivity contribution < 1.29 is 0 Å². The molecule has 2 aromatic heterocycles. The molecule has 4 heteroatoms. The van der Waals surface area contributed by atoms with Gasteiger partial charge in [-0.3, -0.25) is 4.98 Å². The van der Waals surface area contributed by atoms with Gasteiger partial charge in [0.25, 0.3) is 0 Å². The third-order valence-corrected chi connectivity index (χ3v) is 3.68. The van der Waals surface area contributed by atoms with E-state index in [2.05, 4.69) is 28.7 Å². The van der Waals surface area contributed by atoms with Gasteiger partial charge in [0.1, 0.15) is 0 Å². The SMILES string of the molecule is Cc1ccsc1CNCCc1ccc(N)cn1. The fourth-order valence-corrected chi connectivity index (χ4v) is 2.46. The van der Waals surface area contributed by atoms with Crippen LogP contribution >= 0.6 is 11.3 Å². The lowest BCUT2D eigenvalue weighted by atomic mass is 10.2. The summed E-state index contributed by atoms with van der Waals surface area (Å²) in [7, 11) is 0. The molecule has 0 atom stereocenters. The summed E-state index contributed by atoms with van der Waals surface area (Å²) in [5.74, 6) is 0. The van der Waals surface area contributed by atoms with Crippen LogP contribution in [0.3, 0.4) is 0 Å². The Morgan fingerprint density at radius 2 is 2.24 bits per heavy atom. The number of nitrogens with zero attached hydrogens (tertiary/aromatic N) is 1. The predicted molar refractivity (Wildman–Crippen MR) is 73.1 cm³/mol. The van der Waals surface area contributed by atoms with Gasteiger partial charge < -0.3 is 11.1 Å². The molecule has 3 nitrogen and oxygen atoms in total. The molecule has 0 aliphatic carbocycles. The average molecular weight is 247 g/mol. The van der Waals surface area contributed by atoms with Crippen LogP contribution in [-0.2, 0) is 13.0 Å². The highest BCUT2D eigenvalue weighted by Gasteiger charge is 1.99. The molecule has 2 heterocycles. The molecule has 0 aromatic carbocycles. The summed E-state index contributed by atoms with van der Waals surface area (Å²) < 4.78 is 0. The van der Waals surface area contributed by atoms with Crippen LogP contribution in [0, 0.1) is 6.92 Å². The van der Waals surface area contributed by atoms with E-state index in [9.17, 15) is 0 Å². The van der Waals surface area contributed by atoms with Gasteiger partial charge in [-0.2, -0.15) is 0 Å². The van der Waals surface area contributed by atoms with E-state index in [4.69, 9.17) is 5.73 Å². The number of hydrogen-bond acceptors (Lipinski definition) is 4. The summed E-state index contributed by atoms with van der Waals surface area (Å²) in [6.07, 6.45) is 2.64. The largest absolute Gasteiger partial charge is 0.397 e. The fraction of sp³-hybridized carbons (Fsp3) is 0.308. The van der Waals surface area contributed by atoms with Crippen molar-refractivity contribution in [2.45, 2.75) is 19.9 Å². The second-order valence-electron chi connectivity index (χ2n) is 4.04. The van der Waals surface area contributed by atoms with Gasteiger partial charge in [0.15, 0.2) is 0 Å². The number of nitrogens with one attached hydrogen (secondary N) is 1. The minimum absolute atomic E-state index is 0.718. The molecular formula is C13H17N3S. The third kappa shape index (κ3) is 3.54. The van der Waals surface area contributed by atoms with Gasteiger partial charge in [0.05, 0.1) is 11.9 Å². The number of hydrogen-bond donors (Lipinski definition) is 2. The van der Waals surface area contributed by atoms with Crippen molar-refractivity contribution in [3.05, 3.63) is 45.9 Å². The van der Waals surface area contributed by atoms with Crippen LogP contribution in [0.25, 0.3) is 0 Å². The van der Waals surface area contributed by atoms with Gasteiger partial charge >= 0.3 is 0 Å². The lowest BCUT2D eigenvalue weighted by Gasteiger charge is -2.04. The number of aromatic nitrogens is 1. The van der Waals surface area contributed by atoms with Gasteiger partial charge in [-0.05, 0) is 36.1 Å². The molecule has 0 fully saturated rings. The molecule has 0 aliphatic rings. The zero-order chi connectivity index (χ0) is 12.1. The van der Waals surface area contributed by atoms with Crippen LogP contribution in [0.1, 0.15) is 16.1 Å². The Morgan fingerprint density at radius 1 is 1.35 bits per heavy atom. The smallest absolute Gasteiger partial charge is 0.0501 e. The second kappa shape index (κ2) is 5.80. The first-order chi connectivity index (χ1) is 8.25. The van der Waals surface area contributed by atoms with E-state index < -0.39 is 0 Å². The first-order valence-corrected chi connectivity index (χ1v) is 6.58. The van der Waals surface area contributed by atoms with Gasteiger partial charge in [-0.1, -0.05) is 0 Å². The number of thiophene rings is 1. The van der Waals surface area contributed by atoms with E-state index >= 15 is 0 Å². The van der Waals surface area contributed by atoms with Gasteiger partial charge in [0, 0.05) is 30.1 Å². The molecule has 0 saturated heterocycles. The van der Waals surface area contributed by atoms with E-state index in [1.54, 1.807) is 17.5 Å². The molecule has 2 rings (SSSR count). The first-order valence-electron chi connectivity index (χ1n) is 5.70. The Morgan fingerprint density at radius 3 is 2.88 bits per heavy atom. The number of nitrogen functional groups attached to an aromatic ring is 1. The van der Waals surface area contributed by atoms with Crippen molar-refractivity contribution in [3.63, 3.8) is 0 Å². The van der Waals surface area contributed by atoms with Crippen molar-refractivity contribution in [3.8, 4) is 0 Å². The van der Waals surface area contributed by atoms with Crippen LogP contribution in [0.5, 0.6) is 0 Å². The van der Waals surface area contributed by atoms with E-state index in [-0.39, 0.29) is 0 Å². The quantitative estimate of drug-likeness (QED) is 0.798. The van der Waals surface area contributed by atoms with Crippen LogP contribution in [0.2, 0.25) is 0 Å². The standard InChI is InChI=1S/C13H17N3S/c1-10-5-7-17-13(10)9-15-6-4-12-3-2-11(14)8-16-12/h2-3,5,7-8,15H,4,6,9,14H2,1H3. The monoisotopic (exact) mass is 247 g/mol. The van der Waals surface area contributed by atoms with Crippen LogP contribution < -0.4 is 11.1 Å². The summed E-state index contributed by atoms with van der Waals surface area (Å²) in [6, 6.07) is 6.03. The van der Waals surface area contributed by atoms with Crippen molar-refractivity contribution >= 4 is 17.0 Å². The molecule has 0 amide bonds. The molecule has 0 unspecified atom stereocenters. The molecule has 90 valence electrons. The third-order valence-electron chi connectivity index (χ3n) is 2.66. The highest BCUT2D eigenvalue weighted by Crippen LogP contribution is 2.14. The Balaban J connectivity index is 1.73. The Kier molecular flexibility index (Phi) is 4.12. The predicted octanol–water partition coefficient (Wildman–Crippen LogP) is 2.37. The van der Waals surface area contributed by atoms with Crippen LogP contribution in [0.4, 0.5) is 5.69 Å². The Hall–Kier alpha value is -1.39. The summed E-state index contributed by atoms with van der Waals surface area (Å²) in [5, 5.41) is 5.56. The highest BCUT2D eigenvalue weighted by molar-refractivity contribution is 7.10. The number of rotatable bonds is 5. The molecule has 0 radical (unpaired) electrons. The maximum absolute atomic E-state index is 5.59. The summed E-state index contributed by atoms with van der Waals surface area (Å²) >= 11 is 1.80. The number of anilines is 1. The Labute approximate surface area is 106 Å². The van der Waals surface area contributed by atoms with Gasteiger partial charge in [-0.25, -0.2) is 0 Å². The zero-order valence-electron chi connectivity index (χ0n) is 9.94. The topological polar surface area (TPSA) is 50.9 Å². The van der Waals surface area contributed by atoms with Crippen LogP contribution in [-0.4, -0.2) is 11.5 Å². The lowest BCUT2D eigenvalue weighted by molar-refractivity contribution is 0.684. The molecule has 17 heavy (non-hydrogen) atoms. The molecule has 2 aromatic rings. The number of nitrogens with two attached hydrogens (primary N) is 1. The maximum Gasteiger partial charge on any atom is 0.0501 e. The van der Waals surface area contributed by atoms with Crippen molar-refractivity contribution in [1.29, 1.82) is 0 Å². The van der Waals surface area contributed by atoms with E-state index in [0.717, 1.165) is 30.9 Å². The summed E-state index contributed by atoms with van der Waals surface area (Å²) in [6.45, 7) is 4.03. The molecule has 0 spiro atoms. The molecule has 0 aliphatic heterocycles. The fourth-order valence-electron chi connectivity index (χ4n) is 1.59. The molecule has 3 N–H and O–H groups in total. The molecule has 0 saturated carbocycles.